The van der Waals surface area contributed by atoms with Crippen LogP contribution in [0.15, 0.2) is 24.3 Å². The molecule has 0 saturated heterocycles. The zero-order chi connectivity index (χ0) is 24.1. The third-order valence-electron chi connectivity index (χ3n) is 9.13. The van der Waals surface area contributed by atoms with Gasteiger partial charge >= 0.3 is 0 Å². The van der Waals surface area contributed by atoms with E-state index in [1.54, 1.807) is 0 Å². The van der Waals surface area contributed by atoms with E-state index in [-0.39, 0.29) is 11.3 Å². The molecule has 0 aromatic heterocycles. The molecule has 0 radical (unpaired) electrons. The van der Waals surface area contributed by atoms with Crippen LogP contribution in [0.25, 0.3) is 0 Å². The predicted octanol–water partition coefficient (Wildman–Crippen LogP) is 9.91. The molecule has 2 aliphatic carbocycles. The van der Waals surface area contributed by atoms with E-state index in [1.807, 2.05) is 0 Å². The number of hydrogen-bond acceptors (Lipinski definition) is 2. The minimum Gasteiger partial charge on any atom is -0.494 e. The Morgan fingerprint density at radius 2 is 1.41 bits per heavy atom. The van der Waals surface area contributed by atoms with Crippen molar-refractivity contribution in [3.63, 3.8) is 0 Å². The molecule has 1 aromatic rings. The van der Waals surface area contributed by atoms with E-state index in [0.29, 0.717) is 5.41 Å². The minimum absolute atomic E-state index is 0.0296. The number of unbranched alkanes of at least 4 members (excludes halogenated alkanes) is 5. The summed E-state index contributed by atoms with van der Waals surface area (Å²) in [5.41, 5.74) is 1.83. The van der Waals surface area contributed by atoms with Gasteiger partial charge in [0.05, 0.1) is 18.6 Å². The highest BCUT2D eigenvalue weighted by molar-refractivity contribution is 5.35. The molecule has 0 aliphatic heterocycles. The van der Waals surface area contributed by atoms with Crippen LogP contribution in [0.5, 0.6) is 5.75 Å². The lowest BCUT2D eigenvalue weighted by Gasteiger charge is -2.47. The van der Waals surface area contributed by atoms with Gasteiger partial charge in [0, 0.05) is 5.41 Å². The summed E-state index contributed by atoms with van der Waals surface area (Å²) in [6.07, 6.45) is 24.3. The van der Waals surface area contributed by atoms with Crippen molar-refractivity contribution in [2.75, 3.05) is 6.61 Å². The Balaban J connectivity index is 1.76. The summed E-state index contributed by atoms with van der Waals surface area (Å²) in [6, 6.07) is 11.9. The molecule has 0 spiro atoms. The highest BCUT2D eigenvalue weighted by atomic mass is 16.5. The normalized spacial score (nSPS) is 20.4. The van der Waals surface area contributed by atoms with Gasteiger partial charge in [-0.1, -0.05) is 103 Å². The van der Waals surface area contributed by atoms with Crippen molar-refractivity contribution in [3.05, 3.63) is 29.8 Å². The van der Waals surface area contributed by atoms with Crippen molar-refractivity contribution >= 4 is 0 Å². The van der Waals surface area contributed by atoms with Gasteiger partial charge in [0.2, 0.25) is 0 Å². The minimum atomic E-state index is 0.0296. The van der Waals surface area contributed by atoms with E-state index in [9.17, 15) is 5.26 Å². The smallest absolute Gasteiger partial charge is 0.119 e. The van der Waals surface area contributed by atoms with Crippen LogP contribution in [0, 0.1) is 22.7 Å². The average molecular weight is 466 g/mol. The van der Waals surface area contributed by atoms with Gasteiger partial charge in [-0.05, 0) is 68.1 Å². The average Bonchev–Trinajstić information content (AvgIpc) is 2.89. The third kappa shape index (κ3) is 7.26. The van der Waals surface area contributed by atoms with E-state index >= 15 is 0 Å². The fraction of sp³-hybridized carbons (Fsp3) is 0.781. The number of benzene rings is 1. The molecule has 1 atom stereocenters. The number of rotatable bonds is 14. The summed E-state index contributed by atoms with van der Waals surface area (Å²) in [5.74, 6) is 1.12. The van der Waals surface area contributed by atoms with Gasteiger partial charge in [0.15, 0.2) is 0 Å². The highest BCUT2D eigenvalue weighted by Gasteiger charge is 2.45. The summed E-state index contributed by atoms with van der Waals surface area (Å²) in [6.45, 7) is 5.36. The van der Waals surface area contributed by atoms with E-state index < -0.39 is 0 Å². The zero-order valence-electron chi connectivity index (χ0n) is 22.4. The topological polar surface area (TPSA) is 33.0 Å². The first-order valence-corrected chi connectivity index (χ1v) is 14.8. The molecule has 2 aliphatic rings. The van der Waals surface area contributed by atoms with Crippen LogP contribution in [-0.4, -0.2) is 6.61 Å². The molecule has 3 rings (SSSR count). The lowest BCUT2D eigenvalue weighted by Crippen LogP contribution is -2.40. The van der Waals surface area contributed by atoms with E-state index in [1.165, 1.54) is 115 Å². The first-order chi connectivity index (χ1) is 16.7. The molecule has 0 amide bonds. The second kappa shape index (κ2) is 14.2. The maximum Gasteiger partial charge on any atom is 0.119 e. The lowest BCUT2D eigenvalue weighted by molar-refractivity contribution is 0.0968. The summed E-state index contributed by atoms with van der Waals surface area (Å²) in [7, 11) is 0. The summed E-state index contributed by atoms with van der Waals surface area (Å²) in [4.78, 5) is 0. The van der Waals surface area contributed by atoms with Crippen molar-refractivity contribution in [2.24, 2.45) is 11.3 Å². The van der Waals surface area contributed by atoms with Crippen LogP contribution in [-0.2, 0) is 5.41 Å². The van der Waals surface area contributed by atoms with Crippen molar-refractivity contribution < 1.29 is 4.74 Å². The molecule has 2 nitrogen and oxygen atoms in total. The van der Waals surface area contributed by atoms with Gasteiger partial charge in [0.25, 0.3) is 0 Å². The molecule has 0 N–H and O–H groups in total. The monoisotopic (exact) mass is 465 g/mol. The summed E-state index contributed by atoms with van der Waals surface area (Å²) >= 11 is 0. The van der Waals surface area contributed by atoms with E-state index in [4.69, 9.17) is 4.74 Å². The lowest BCUT2D eigenvalue weighted by atomic mass is 9.56. The van der Waals surface area contributed by atoms with Gasteiger partial charge in [-0.25, -0.2) is 0 Å². The molecule has 190 valence electrons. The second-order valence-corrected chi connectivity index (χ2v) is 11.6. The van der Waals surface area contributed by atoms with Crippen LogP contribution < -0.4 is 4.74 Å². The molecule has 1 aromatic carbocycles. The van der Waals surface area contributed by atoms with Gasteiger partial charge in [-0.3, -0.25) is 0 Å². The molecule has 0 heterocycles. The van der Waals surface area contributed by atoms with Gasteiger partial charge < -0.3 is 4.74 Å². The maximum atomic E-state index is 10.6. The summed E-state index contributed by atoms with van der Waals surface area (Å²) < 4.78 is 6.04. The molecule has 1 unspecified atom stereocenters. The van der Waals surface area contributed by atoms with Crippen LogP contribution in [0.4, 0.5) is 0 Å². The largest absolute Gasteiger partial charge is 0.494 e. The number of hydrogen-bond donors (Lipinski definition) is 0. The van der Waals surface area contributed by atoms with Crippen LogP contribution >= 0.6 is 0 Å². The van der Waals surface area contributed by atoms with Crippen molar-refractivity contribution in [3.8, 4) is 11.8 Å². The van der Waals surface area contributed by atoms with Gasteiger partial charge in [0.1, 0.15) is 5.75 Å². The molecular formula is C32H51NO. The quantitative estimate of drug-likeness (QED) is 0.256. The van der Waals surface area contributed by atoms with Crippen LogP contribution in [0.3, 0.4) is 0 Å². The first-order valence-electron chi connectivity index (χ1n) is 14.8. The highest BCUT2D eigenvalue weighted by Crippen LogP contribution is 2.53. The maximum absolute atomic E-state index is 10.6. The number of ether oxygens (including phenoxy) is 1. The van der Waals surface area contributed by atoms with Gasteiger partial charge in [-0.15, -0.1) is 0 Å². The Labute approximate surface area is 210 Å². The Kier molecular flexibility index (Phi) is 11.3. The Hall–Kier alpha value is -1.49. The van der Waals surface area contributed by atoms with Crippen LogP contribution in [0.1, 0.15) is 141 Å². The number of nitrogens with zero attached hydrogens (tertiary/aromatic N) is 1. The summed E-state index contributed by atoms with van der Waals surface area (Å²) in [5, 5.41) is 10.6. The first kappa shape index (κ1) is 27.1. The number of nitriles is 1. The Bertz CT molecular complexity index is 718. The zero-order valence-corrected chi connectivity index (χ0v) is 22.4. The van der Waals surface area contributed by atoms with E-state index in [2.05, 4.69) is 44.2 Å². The van der Waals surface area contributed by atoms with Crippen molar-refractivity contribution in [1.82, 2.24) is 0 Å². The molecule has 2 saturated carbocycles. The fourth-order valence-corrected chi connectivity index (χ4v) is 7.03. The fourth-order valence-electron chi connectivity index (χ4n) is 7.03. The predicted molar refractivity (Wildman–Crippen MR) is 144 cm³/mol. The van der Waals surface area contributed by atoms with Crippen molar-refractivity contribution in [2.45, 2.75) is 141 Å². The Morgan fingerprint density at radius 3 is 2.03 bits per heavy atom. The molecule has 2 heteroatoms. The van der Waals surface area contributed by atoms with Crippen LogP contribution in [0.2, 0.25) is 0 Å². The standard InChI is InChI=1S/C32H51NO/c1-3-5-7-15-25-34-30-18-16-28(17-19-30)32(23-13-9-14-24-32)29(27-33)26-31(20-10-6-4-2)21-11-8-12-22-31/h16-19,29H,3-15,20-26H2,1-2H3. The molecule has 0 bridgehead atoms. The third-order valence-corrected chi connectivity index (χ3v) is 9.13. The molecule has 34 heavy (non-hydrogen) atoms. The Morgan fingerprint density at radius 1 is 0.794 bits per heavy atom. The molecular weight excluding hydrogens is 414 g/mol. The second-order valence-electron chi connectivity index (χ2n) is 11.6. The van der Waals surface area contributed by atoms with Crippen molar-refractivity contribution in [1.29, 1.82) is 5.26 Å². The van der Waals surface area contributed by atoms with E-state index in [0.717, 1.165) is 25.2 Å². The SMILES string of the molecule is CCCCCCOc1ccc(C2(C(C#N)CC3(CCCCC)CCCCC3)CCCCC2)cc1. The van der Waals surface area contributed by atoms with Gasteiger partial charge in [-0.2, -0.15) is 5.26 Å². The molecule has 2 fully saturated rings.